The fourth-order valence-corrected chi connectivity index (χ4v) is 3.66. The first-order valence-electron chi connectivity index (χ1n) is 8.37. The number of carbonyl (C=O) groups excluding carboxylic acids is 1. The van der Waals surface area contributed by atoms with Gasteiger partial charge in [0.1, 0.15) is 0 Å². The summed E-state index contributed by atoms with van der Waals surface area (Å²) < 4.78 is 0. The van der Waals surface area contributed by atoms with Gasteiger partial charge in [-0.15, -0.1) is 0 Å². The maximum Gasteiger partial charge on any atom is 0.251 e. The monoisotopic (exact) mass is 286 g/mol. The second-order valence-electron chi connectivity index (χ2n) is 6.57. The van der Waals surface area contributed by atoms with Gasteiger partial charge in [0, 0.05) is 18.2 Å². The van der Waals surface area contributed by atoms with E-state index in [1.54, 1.807) is 0 Å². The van der Waals surface area contributed by atoms with E-state index in [9.17, 15) is 4.79 Å². The van der Waals surface area contributed by atoms with Crippen molar-refractivity contribution in [3.8, 4) is 0 Å². The quantitative estimate of drug-likeness (QED) is 0.896. The van der Waals surface area contributed by atoms with Gasteiger partial charge in [0.15, 0.2) is 0 Å². The maximum absolute atomic E-state index is 12.5. The summed E-state index contributed by atoms with van der Waals surface area (Å²) in [6.07, 6.45) is 7.57. The average molecular weight is 286 g/mol. The Morgan fingerprint density at radius 1 is 1.24 bits per heavy atom. The van der Waals surface area contributed by atoms with E-state index in [0.717, 1.165) is 25.1 Å². The lowest BCUT2D eigenvalue weighted by molar-refractivity contribution is 0.0919. The zero-order chi connectivity index (χ0) is 14.7. The van der Waals surface area contributed by atoms with Gasteiger partial charge in [-0.2, -0.15) is 0 Å². The molecular formula is C18H26N2O. The van der Waals surface area contributed by atoms with Crippen molar-refractivity contribution in [2.45, 2.75) is 58.0 Å². The van der Waals surface area contributed by atoms with Crippen molar-refractivity contribution in [2.75, 3.05) is 6.54 Å². The number of rotatable bonds is 3. The molecule has 1 aromatic carbocycles. The highest BCUT2D eigenvalue weighted by Crippen LogP contribution is 2.26. The van der Waals surface area contributed by atoms with Crippen molar-refractivity contribution in [1.82, 2.24) is 10.6 Å². The van der Waals surface area contributed by atoms with E-state index < -0.39 is 0 Å². The minimum absolute atomic E-state index is 0.0847. The zero-order valence-electron chi connectivity index (χ0n) is 13.0. The lowest BCUT2D eigenvalue weighted by Gasteiger charge is -2.28. The summed E-state index contributed by atoms with van der Waals surface area (Å²) in [6.45, 7) is 4.08. The standard InChI is InChI=1S/C18H26N2O/c1-13(14-5-3-2-4-6-14)20-18(21)16-8-7-15-9-10-19-12-17(15)11-16/h7-8,11,13-14,19H,2-6,9-10,12H2,1H3,(H,20,21). The molecule has 2 N–H and O–H groups in total. The van der Waals surface area contributed by atoms with Crippen molar-refractivity contribution in [3.05, 3.63) is 34.9 Å². The highest BCUT2D eigenvalue weighted by Gasteiger charge is 2.22. The van der Waals surface area contributed by atoms with E-state index in [2.05, 4.69) is 29.7 Å². The van der Waals surface area contributed by atoms with Crippen LogP contribution in [0.15, 0.2) is 18.2 Å². The van der Waals surface area contributed by atoms with Crippen LogP contribution in [0.2, 0.25) is 0 Å². The molecule has 1 atom stereocenters. The first kappa shape index (κ1) is 14.6. The van der Waals surface area contributed by atoms with Gasteiger partial charge in [-0.05, 0) is 61.9 Å². The number of hydrogen-bond acceptors (Lipinski definition) is 2. The Kier molecular flexibility index (Phi) is 4.59. The van der Waals surface area contributed by atoms with E-state index >= 15 is 0 Å². The van der Waals surface area contributed by atoms with E-state index in [1.165, 1.54) is 43.2 Å². The Labute approximate surface area is 127 Å². The fourth-order valence-electron chi connectivity index (χ4n) is 3.66. The fraction of sp³-hybridized carbons (Fsp3) is 0.611. The largest absolute Gasteiger partial charge is 0.349 e. The van der Waals surface area contributed by atoms with Gasteiger partial charge < -0.3 is 10.6 Å². The van der Waals surface area contributed by atoms with Crippen LogP contribution in [0, 0.1) is 5.92 Å². The molecule has 3 heteroatoms. The first-order chi connectivity index (χ1) is 10.2. The molecule has 2 aliphatic rings. The predicted octanol–water partition coefficient (Wildman–Crippen LogP) is 3.03. The smallest absolute Gasteiger partial charge is 0.251 e. The molecule has 1 fully saturated rings. The Morgan fingerprint density at radius 3 is 2.86 bits per heavy atom. The third kappa shape index (κ3) is 3.46. The molecule has 1 aliphatic carbocycles. The lowest BCUT2D eigenvalue weighted by Crippen LogP contribution is -2.39. The molecule has 114 valence electrons. The van der Waals surface area contributed by atoms with Crippen LogP contribution in [0.4, 0.5) is 0 Å². The number of nitrogens with one attached hydrogen (secondary N) is 2. The summed E-state index contributed by atoms with van der Waals surface area (Å²) in [4.78, 5) is 12.5. The number of amides is 1. The molecule has 3 rings (SSSR count). The van der Waals surface area contributed by atoms with Crippen LogP contribution in [0.1, 0.15) is 60.5 Å². The summed E-state index contributed by atoms with van der Waals surface area (Å²) in [5.41, 5.74) is 3.46. The first-order valence-corrected chi connectivity index (χ1v) is 8.37. The summed E-state index contributed by atoms with van der Waals surface area (Å²) in [7, 11) is 0. The van der Waals surface area contributed by atoms with Gasteiger partial charge in [0.05, 0.1) is 0 Å². The Balaban J connectivity index is 1.64. The third-order valence-corrected chi connectivity index (χ3v) is 5.07. The van der Waals surface area contributed by atoms with Gasteiger partial charge in [-0.25, -0.2) is 0 Å². The Bertz CT molecular complexity index is 506. The van der Waals surface area contributed by atoms with Crippen LogP contribution < -0.4 is 10.6 Å². The topological polar surface area (TPSA) is 41.1 Å². The number of benzene rings is 1. The number of carbonyl (C=O) groups is 1. The molecule has 0 radical (unpaired) electrons. The van der Waals surface area contributed by atoms with Crippen LogP contribution in [-0.4, -0.2) is 18.5 Å². The van der Waals surface area contributed by atoms with Crippen LogP contribution in [-0.2, 0) is 13.0 Å². The van der Waals surface area contributed by atoms with Crippen LogP contribution in [0.5, 0.6) is 0 Å². The van der Waals surface area contributed by atoms with E-state index in [0.29, 0.717) is 5.92 Å². The summed E-state index contributed by atoms with van der Waals surface area (Å²) in [5.74, 6) is 0.739. The molecule has 0 bridgehead atoms. The number of hydrogen-bond donors (Lipinski definition) is 2. The average Bonchev–Trinajstić information content (AvgIpc) is 2.55. The summed E-state index contributed by atoms with van der Waals surface area (Å²) in [6, 6.07) is 6.44. The van der Waals surface area contributed by atoms with E-state index in [-0.39, 0.29) is 11.9 Å². The minimum atomic E-state index is 0.0847. The molecular weight excluding hydrogens is 260 g/mol. The maximum atomic E-state index is 12.5. The molecule has 1 amide bonds. The molecule has 1 heterocycles. The Morgan fingerprint density at radius 2 is 2.05 bits per heavy atom. The van der Waals surface area contributed by atoms with Crippen LogP contribution in [0.25, 0.3) is 0 Å². The molecule has 21 heavy (non-hydrogen) atoms. The van der Waals surface area contributed by atoms with Gasteiger partial charge >= 0.3 is 0 Å². The predicted molar refractivity (Wildman–Crippen MR) is 85.4 cm³/mol. The minimum Gasteiger partial charge on any atom is -0.349 e. The number of fused-ring (bicyclic) bond motifs is 1. The molecule has 1 aromatic rings. The van der Waals surface area contributed by atoms with Crippen molar-refractivity contribution in [2.24, 2.45) is 5.92 Å². The molecule has 1 aliphatic heterocycles. The normalized spacial score (nSPS) is 20.6. The van der Waals surface area contributed by atoms with Crippen molar-refractivity contribution in [3.63, 3.8) is 0 Å². The van der Waals surface area contributed by atoms with Gasteiger partial charge in [-0.1, -0.05) is 25.3 Å². The van der Waals surface area contributed by atoms with Crippen molar-refractivity contribution < 1.29 is 4.79 Å². The molecule has 1 saturated carbocycles. The highest BCUT2D eigenvalue weighted by atomic mass is 16.1. The van der Waals surface area contributed by atoms with Gasteiger partial charge in [-0.3, -0.25) is 4.79 Å². The molecule has 3 nitrogen and oxygen atoms in total. The van der Waals surface area contributed by atoms with E-state index in [1.807, 2.05) is 6.07 Å². The highest BCUT2D eigenvalue weighted by molar-refractivity contribution is 5.94. The molecule has 0 aromatic heterocycles. The molecule has 1 unspecified atom stereocenters. The second kappa shape index (κ2) is 6.61. The SMILES string of the molecule is CC(NC(=O)c1ccc2c(c1)CNCC2)C1CCCCC1. The third-order valence-electron chi connectivity index (χ3n) is 5.07. The molecule has 0 saturated heterocycles. The van der Waals surface area contributed by atoms with Crippen LogP contribution in [0.3, 0.4) is 0 Å². The second-order valence-corrected chi connectivity index (χ2v) is 6.57. The summed E-state index contributed by atoms with van der Waals surface area (Å²) >= 11 is 0. The van der Waals surface area contributed by atoms with Crippen molar-refractivity contribution in [1.29, 1.82) is 0 Å². The summed E-state index contributed by atoms with van der Waals surface area (Å²) in [5, 5.41) is 6.58. The van der Waals surface area contributed by atoms with Gasteiger partial charge in [0.25, 0.3) is 5.91 Å². The Hall–Kier alpha value is -1.35. The lowest BCUT2D eigenvalue weighted by atomic mass is 9.84. The van der Waals surface area contributed by atoms with Gasteiger partial charge in [0.2, 0.25) is 0 Å². The van der Waals surface area contributed by atoms with Crippen molar-refractivity contribution >= 4 is 5.91 Å². The zero-order valence-corrected chi connectivity index (χ0v) is 13.0. The van der Waals surface area contributed by atoms with Crippen LogP contribution >= 0.6 is 0 Å². The molecule has 0 spiro atoms. The van der Waals surface area contributed by atoms with E-state index in [4.69, 9.17) is 0 Å².